The van der Waals surface area contributed by atoms with E-state index in [4.69, 9.17) is 17.3 Å². The summed E-state index contributed by atoms with van der Waals surface area (Å²) in [7, 11) is -1.06. The number of anilines is 4. The first kappa shape index (κ1) is 29.7. The van der Waals surface area contributed by atoms with Crippen LogP contribution in [0.4, 0.5) is 31.7 Å². The van der Waals surface area contributed by atoms with Crippen molar-refractivity contribution >= 4 is 72.3 Å². The number of carbonyl (C=O) groups excluding carboxylic acids is 1. The molecule has 6 rings (SSSR count). The van der Waals surface area contributed by atoms with E-state index in [1.165, 1.54) is 29.4 Å². The summed E-state index contributed by atoms with van der Waals surface area (Å²) in [4.78, 5) is 27.2. The predicted molar refractivity (Wildman–Crippen MR) is 168 cm³/mol. The zero-order valence-electron chi connectivity index (χ0n) is 23.6. The van der Waals surface area contributed by atoms with Gasteiger partial charge in [0.25, 0.3) is 15.9 Å². The molecule has 0 spiro atoms. The monoisotopic (exact) mass is 648 g/mol. The van der Waals surface area contributed by atoms with Crippen LogP contribution in [0, 0.1) is 11.6 Å². The standard InChI is InChI=1S/C30H23ClF2N8O3S/c1-40(2)30(42)16-14-41(22-8-5-7-19(34)25(16)22)24-13-12-21-28(37-24)29(36-15-35-21)38-27-18(32)10-11-20(26(27)33)39-45(43,44)23-9-4-3-6-17(23)31/h3-15,39H,34H2,1-2H3,(H,35,36,38). The lowest BCUT2D eigenvalue weighted by molar-refractivity contribution is 0.0829. The van der Waals surface area contributed by atoms with Crippen molar-refractivity contribution in [3.8, 4) is 5.82 Å². The third kappa shape index (κ3) is 5.34. The largest absolute Gasteiger partial charge is 0.398 e. The van der Waals surface area contributed by atoms with Gasteiger partial charge in [-0.2, -0.15) is 0 Å². The molecular weight excluding hydrogens is 626 g/mol. The predicted octanol–water partition coefficient (Wildman–Crippen LogP) is 5.73. The average Bonchev–Trinajstić information content (AvgIpc) is 3.41. The number of nitrogens with two attached hydrogens (primary N) is 1. The second kappa shape index (κ2) is 11.3. The first-order valence-corrected chi connectivity index (χ1v) is 15.1. The number of hydrogen-bond donors (Lipinski definition) is 3. The zero-order chi connectivity index (χ0) is 32.0. The number of sulfonamides is 1. The van der Waals surface area contributed by atoms with Crippen LogP contribution in [-0.2, 0) is 10.0 Å². The van der Waals surface area contributed by atoms with Crippen LogP contribution in [0.15, 0.2) is 84.1 Å². The molecule has 0 fully saturated rings. The van der Waals surface area contributed by atoms with E-state index in [1.807, 2.05) is 0 Å². The van der Waals surface area contributed by atoms with E-state index in [0.717, 1.165) is 12.1 Å². The highest BCUT2D eigenvalue weighted by molar-refractivity contribution is 7.92. The van der Waals surface area contributed by atoms with Crippen LogP contribution in [0.25, 0.3) is 27.8 Å². The second-order valence-corrected chi connectivity index (χ2v) is 12.1. The summed E-state index contributed by atoms with van der Waals surface area (Å²) in [5, 5.41) is 3.08. The van der Waals surface area contributed by atoms with Gasteiger partial charge in [-0.25, -0.2) is 32.2 Å². The van der Waals surface area contributed by atoms with Gasteiger partial charge < -0.3 is 20.5 Å². The Morgan fingerprint density at radius 1 is 1.00 bits per heavy atom. The molecule has 0 aliphatic heterocycles. The molecule has 3 aromatic heterocycles. The molecule has 11 nitrogen and oxygen atoms in total. The molecule has 3 aromatic carbocycles. The normalized spacial score (nSPS) is 11.6. The van der Waals surface area contributed by atoms with Crippen molar-refractivity contribution in [3.05, 3.63) is 101 Å². The van der Waals surface area contributed by atoms with Gasteiger partial charge in [-0.3, -0.25) is 9.52 Å². The molecule has 3 heterocycles. The van der Waals surface area contributed by atoms with Gasteiger partial charge in [0.05, 0.1) is 27.3 Å². The fraction of sp³-hybridized carbons (Fsp3) is 0.0667. The van der Waals surface area contributed by atoms with E-state index >= 15 is 8.78 Å². The molecule has 0 aliphatic rings. The van der Waals surface area contributed by atoms with Crippen LogP contribution in [0.1, 0.15) is 10.4 Å². The fourth-order valence-electron chi connectivity index (χ4n) is 4.79. The molecule has 0 aliphatic carbocycles. The molecule has 0 radical (unpaired) electrons. The van der Waals surface area contributed by atoms with Crippen LogP contribution in [0.3, 0.4) is 0 Å². The highest BCUT2D eigenvalue weighted by Crippen LogP contribution is 2.34. The highest BCUT2D eigenvalue weighted by atomic mass is 35.5. The van der Waals surface area contributed by atoms with Gasteiger partial charge in [-0.05, 0) is 48.5 Å². The van der Waals surface area contributed by atoms with Gasteiger partial charge in [0.1, 0.15) is 34.1 Å². The molecule has 4 N–H and O–H groups in total. The maximum atomic E-state index is 15.7. The van der Waals surface area contributed by atoms with Crippen molar-refractivity contribution in [1.82, 2.24) is 24.4 Å². The molecule has 0 bridgehead atoms. The maximum Gasteiger partial charge on any atom is 0.263 e. The van der Waals surface area contributed by atoms with Crippen LogP contribution in [0.2, 0.25) is 5.02 Å². The lowest BCUT2D eigenvalue weighted by Crippen LogP contribution is -2.21. The Morgan fingerprint density at radius 2 is 1.78 bits per heavy atom. The molecule has 1 amide bonds. The minimum absolute atomic E-state index is 0.0636. The van der Waals surface area contributed by atoms with Gasteiger partial charge >= 0.3 is 0 Å². The molecule has 45 heavy (non-hydrogen) atoms. The summed E-state index contributed by atoms with van der Waals surface area (Å²) in [6.45, 7) is 0. The lowest BCUT2D eigenvalue weighted by atomic mass is 10.1. The van der Waals surface area contributed by atoms with Gasteiger partial charge in [-0.1, -0.05) is 29.8 Å². The van der Waals surface area contributed by atoms with Crippen molar-refractivity contribution in [2.24, 2.45) is 0 Å². The molecule has 0 unspecified atom stereocenters. The Balaban J connectivity index is 1.43. The molecule has 0 saturated heterocycles. The number of rotatable bonds is 7. The summed E-state index contributed by atoms with van der Waals surface area (Å²) < 4.78 is 60.4. The summed E-state index contributed by atoms with van der Waals surface area (Å²) in [6, 6.07) is 16.0. The van der Waals surface area contributed by atoms with Gasteiger partial charge in [-0.15, -0.1) is 0 Å². The first-order valence-electron chi connectivity index (χ1n) is 13.2. The van der Waals surface area contributed by atoms with Crippen molar-refractivity contribution in [2.45, 2.75) is 4.90 Å². The number of amides is 1. The fourth-order valence-corrected chi connectivity index (χ4v) is 6.37. The van der Waals surface area contributed by atoms with Crippen LogP contribution in [0.5, 0.6) is 0 Å². The number of nitrogens with zero attached hydrogens (tertiary/aromatic N) is 5. The second-order valence-electron chi connectivity index (χ2n) is 10.1. The summed E-state index contributed by atoms with van der Waals surface area (Å²) >= 11 is 6.03. The third-order valence-corrected chi connectivity index (χ3v) is 8.78. The number of nitrogens with one attached hydrogen (secondary N) is 2. The first-order chi connectivity index (χ1) is 21.5. The smallest absolute Gasteiger partial charge is 0.263 e. The van der Waals surface area contributed by atoms with Crippen LogP contribution < -0.4 is 15.8 Å². The van der Waals surface area contributed by atoms with Gasteiger partial charge in [0.2, 0.25) is 0 Å². The molecule has 0 saturated carbocycles. The quantitative estimate of drug-likeness (QED) is 0.186. The zero-order valence-corrected chi connectivity index (χ0v) is 25.2. The maximum absolute atomic E-state index is 15.7. The highest BCUT2D eigenvalue weighted by Gasteiger charge is 2.24. The Hall–Kier alpha value is -5.34. The Bertz CT molecular complexity index is 2260. The molecule has 15 heteroatoms. The number of nitrogen functional groups attached to an aromatic ring is 1. The number of benzene rings is 3. The Morgan fingerprint density at radius 3 is 2.53 bits per heavy atom. The van der Waals surface area contributed by atoms with E-state index in [-0.39, 0.29) is 27.2 Å². The Kier molecular flexibility index (Phi) is 7.46. The van der Waals surface area contributed by atoms with E-state index in [0.29, 0.717) is 33.5 Å². The number of halogens is 3. The van der Waals surface area contributed by atoms with E-state index < -0.39 is 33.0 Å². The minimum Gasteiger partial charge on any atom is -0.398 e. The molecular formula is C30H23ClF2N8O3S. The van der Waals surface area contributed by atoms with Gasteiger partial charge in [0.15, 0.2) is 11.6 Å². The third-order valence-electron chi connectivity index (χ3n) is 6.92. The van der Waals surface area contributed by atoms with E-state index in [9.17, 15) is 13.2 Å². The topological polar surface area (TPSA) is 148 Å². The average molecular weight is 649 g/mol. The van der Waals surface area contributed by atoms with Crippen LogP contribution in [-0.4, -0.2) is 52.8 Å². The van der Waals surface area contributed by atoms with Crippen LogP contribution >= 0.6 is 11.6 Å². The number of carbonyl (C=O) groups is 1. The molecule has 6 aromatic rings. The van der Waals surface area contributed by atoms with Crippen molar-refractivity contribution in [3.63, 3.8) is 0 Å². The SMILES string of the molecule is CN(C)C(=O)c1cn(-c2ccc3ncnc(Nc4c(F)ccc(NS(=O)(=O)c5ccccc5Cl)c4F)c3n2)c2cccc(N)c12. The summed E-state index contributed by atoms with van der Waals surface area (Å²) in [6.07, 6.45) is 2.80. The molecule has 0 atom stereocenters. The minimum atomic E-state index is -4.32. The van der Waals surface area contributed by atoms with Gasteiger partial charge in [0, 0.05) is 31.4 Å². The van der Waals surface area contributed by atoms with Crippen molar-refractivity contribution in [1.29, 1.82) is 0 Å². The summed E-state index contributed by atoms with van der Waals surface area (Å²) in [5.74, 6) is -2.23. The van der Waals surface area contributed by atoms with E-state index in [2.05, 4.69) is 25.0 Å². The number of hydrogen-bond acceptors (Lipinski definition) is 8. The van der Waals surface area contributed by atoms with Crippen molar-refractivity contribution in [2.75, 3.05) is 29.9 Å². The lowest BCUT2D eigenvalue weighted by Gasteiger charge is -2.15. The number of fused-ring (bicyclic) bond motifs is 2. The molecule has 228 valence electrons. The number of pyridine rings is 1. The Labute approximate surface area is 260 Å². The van der Waals surface area contributed by atoms with Crippen molar-refractivity contribution < 1.29 is 22.0 Å². The number of aromatic nitrogens is 4. The summed E-state index contributed by atoms with van der Waals surface area (Å²) in [5.41, 5.74) is 6.89. The van der Waals surface area contributed by atoms with E-state index in [1.54, 1.807) is 61.3 Å².